The predicted octanol–water partition coefficient (Wildman–Crippen LogP) is 1.65. The van der Waals surface area contributed by atoms with Crippen molar-refractivity contribution in [3.05, 3.63) is 53.1 Å². The third-order valence-electron chi connectivity index (χ3n) is 3.34. The fourth-order valence-electron chi connectivity index (χ4n) is 2.24. The molecule has 1 aromatic carbocycles. The second-order valence-corrected chi connectivity index (χ2v) is 4.63. The normalized spacial score (nSPS) is 17.6. The van der Waals surface area contributed by atoms with Crippen LogP contribution < -0.4 is 5.32 Å². The molecule has 0 bridgehead atoms. The summed E-state index contributed by atoms with van der Waals surface area (Å²) in [5.41, 5.74) is 2.14. The third kappa shape index (κ3) is 2.30. The van der Waals surface area contributed by atoms with Gasteiger partial charge in [-0.05, 0) is 23.8 Å². The third-order valence-corrected chi connectivity index (χ3v) is 3.34. The highest BCUT2D eigenvalue weighted by Gasteiger charge is 2.23. The van der Waals surface area contributed by atoms with Crippen molar-refractivity contribution in [2.75, 3.05) is 7.05 Å². The van der Waals surface area contributed by atoms with Crippen LogP contribution in [0.3, 0.4) is 0 Å². The zero-order chi connectivity index (χ0) is 14.1. The summed E-state index contributed by atoms with van der Waals surface area (Å²) < 4.78 is 20.4. The molecule has 0 saturated carbocycles. The molecule has 1 N–H and O–H groups in total. The van der Waals surface area contributed by atoms with Crippen LogP contribution in [0.4, 0.5) is 4.39 Å². The summed E-state index contributed by atoms with van der Waals surface area (Å²) in [6, 6.07) is 7.95. The monoisotopic (exact) mass is 275 g/mol. The van der Waals surface area contributed by atoms with Gasteiger partial charge in [-0.1, -0.05) is 12.1 Å². The van der Waals surface area contributed by atoms with E-state index in [0.29, 0.717) is 18.8 Å². The lowest BCUT2D eigenvalue weighted by molar-refractivity contribution is -0.00122. The Bertz CT molecular complexity index is 636. The first-order valence-corrected chi connectivity index (χ1v) is 6.33. The van der Waals surface area contributed by atoms with E-state index in [-0.39, 0.29) is 17.8 Å². The van der Waals surface area contributed by atoms with E-state index >= 15 is 0 Å². The molecule has 1 amide bonds. The smallest absolute Gasteiger partial charge is 0.271 e. The number of rotatable bonds is 2. The van der Waals surface area contributed by atoms with E-state index in [9.17, 15) is 9.18 Å². The number of fused-ring (bicyclic) bond motifs is 1. The molecule has 1 aliphatic heterocycles. The predicted molar refractivity (Wildman–Crippen MR) is 69.5 cm³/mol. The van der Waals surface area contributed by atoms with Crippen molar-refractivity contribution < 1.29 is 13.9 Å². The summed E-state index contributed by atoms with van der Waals surface area (Å²) in [5, 5.41) is 6.81. The number of nitrogens with one attached hydrogen (secondary N) is 1. The van der Waals surface area contributed by atoms with Crippen LogP contribution in [-0.2, 0) is 17.9 Å². The van der Waals surface area contributed by atoms with Gasteiger partial charge in [0, 0.05) is 7.05 Å². The van der Waals surface area contributed by atoms with Gasteiger partial charge in [-0.3, -0.25) is 9.48 Å². The van der Waals surface area contributed by atoms with Gasteiger partial charge in [-0.25, -0.2) is 4.39 Å². The first-order chi connectivity index (χ1) is 9.67. The number of carbonyl (C=O) groups excluding carboxylic acids is 1. The van der Waals surface area contributed by atoms with Gasteiger partial charge in [0.1, 0.15) is 11.9 Å². The minimum Gasteiger partial charge on any atom is -0.365 e. The number of nitrogens with zero attached hydrogens (tertiary/aromatic N) is 2. The van der Waals surface area contributed by atoms with Gasteiger partial charge in [-0.15, -0.1) is 0 Å². The van der Waals surface area contributed by atoms with Crippen molar-refractivity contribution in [2.24, 2.45) is 0 Å². The van der Waals surface area contributed by atoms with Crippen LogP contribution >= 0.6 is 0 Å². The molecular formula is C14H14FN3O2. The average molecular weight is 275 g/mol. The number of benzene rings is 1. The molecule has 3 rings (SSSR count). The molecule has 0 spiro atoms. The van der Waals surface area contributed by atoms with Crippen LogP contribution in [0.5, 0.6) is 0 Å². The molecule has 6 heteroatoms. The van der Waals surface area contributed by atoms with Crippen LogP contribution in [-0.4, -0.2) is 22.7 Å². The second kappa shape index (κ2) is 5.05. The van der Waals surface area contributed by atoms with E-state index in [1.54, 1.807) is 29.9 Å². The van der Waals surface area contributed by atoms with Crippen molar-refractivity contribution >= 4 is 5.91 Å². The van der Waals surface area contributed by atoms with Gasteiger partial charge < -0.3 is 10.1 Å². The second-order valence-electron chi connectivity index (χ2n) is 4.63. The minimum atomic E-state index is -0.272. The zero-order valence-electron chi connectivity index (χ0n) is 11.0. The Morgan fingerprint density at radius 1 is 1.45 bits per heavy atom. The first-order valence-electron chi connectivity index (χ1n) is 6.33. The molecule has 5 nitrogen and oxygen atoms in total. The highest BCUT2D eigenvalue weighted by molar-refractivity contribution is 5.92. The van der Waals surface area contributed by atoms with E-state index in [1.807, 2.05) is 0 Å². The number of carbonyl (C=O) groups is 1. The summed E-state index contributed by atoms with van der Waals surface area (Å²) in [5.74, 6) is -0.489. The topological polar surface area (TPSA) is 56.2 Å². The van der Waals surface area contributed by atoms with Gasteiger partial charge in [0.2, 0.25) is 0 Å². The molecular weight excluding hydrogens is 261 g/mol. The number of hydrogen-bond acceptors (Lipinski definition) is 3. The number of hydrogen-bond donors (Lipinski definition) is 1. The first kappa shape index (κ1) is 12.8. The van der Waals surface area contributed by atoms with Crippen molar-refractivity contribution in [3.63, 3.8) is 0 Å². The van der Waals surface area contributed by atoms with Gasteiger partial charge in [-0.2, -0.15) is 5.10 Å². The molecule has 0 fully saturated rings. The van der Waals surface area contributed by atoms with Crippen LogP contribution in [0, 0.1) is 5.82 Å². The Balaban J connectivity index is 1.83. The quantitative estimate of drug-likeness (QED) is 0.906. The molecule has 1 aliphatic rings. The number of aromatic nitrogens is 2. The largest absolute Gasteiger partial charge is 0.365 e. The lowest BCUT2D eigenvalue weighted by Crippen LogP contribution is -2.22. The number of amides is 1. The molecule has 20 heavy (non-hydrogen) atoms. The maximum absolute atomic E-state index is 12.9. The molecule has 2 aromatic rings. The summed E-state index contributed by atoms with van der Waals surface area (Å²) in [4.78, 5) is 11.6. The van der Waals surface area contributed by atoms with Crippen LogP contribution in [0.1, 0.15) is 27.8 Å². The van der Waals surface area contributed by atoms with E-state index in [0.717, 1.165) is 11.3 Å². The standard InChI is InChI=1S/C14H14FN3O2/c1-16-14(19)12-6-11-8-20-13(7-18(11)17-12)9-2-4-10(15)5-3-9/h2-6,13H,7-8H2,1H3,(H,16,19). The zero-order valence-corrected chi connectivity index (χ0v) is 11.0. The fourth-order valence-corrected chi connectivity index (χ4v) is 2.24. The summed E-state index contributed by atoms with van der Waals surface area (Å²) >= 11 is 0. The minimum absolute atomic E-state index is 0.180. The Kier molecular flexibility index (Phi) is 3.23. The summed E-state index contributed by atoms with van der Waals surface area (Å²) in [6.45, 7) is 0.893. The Hall–Kier alpha value is -2.21. The summed E-state index contributed by atoms with van der Waals surface area (Å²) in [7, 11) is 1.57. The van der Waals surface area contributed by atoms with Crippen molar-refractivity contribution in [3.8, 4) is 0 Å². The Morgan fingerprint density at radius 2 is 2.20 bits per heavy atom. The molecule has 0 radical (unpaired) electrons. The molecule has 2 heterocycles. The maximum atomic E-state index is 12.9. The average Bonchev–Trinajstić information content (AvgIpc) is 2.90. The number of halogens is 1. The lowest BCUT2D eigenvalue weighted by atomic mass is 10.1. The molecule has 1 aromatic heterocycles. The fraction of sp³-hybridized carbons (Fsp3) is 0.286. The molecule has 104 valence electrons. The van der Waals surface area contributed by atoms with E-state index in [2.05, 4.69) is 10.4 Å². The number of ether oxygens (including phenoxy) is 1. The van der Waals surface area contributed by atoms with Crippen molar-refractivity contribution in [1.29, 1.82) is 0 Å². The lowest BCUT2D eigenvalue weighted by Gasteiger charge is -2.24. The van der Waals surface area contributed by atoms with Crippen molar-refractivity contribution in [2.45, 2.75) is 19.3 Å². The van der Waals surface area contributed by atoms with E-state index in [1.165, 1.54) is 12.1 Å². The molecule has 0 aliphatic carbocycles. The van der Waals surface area contributed by atoms with Crippen LogP contribution in [0.2, 0.25) is 0 Å². The Morgan fingerprint density at radius 3 is 2.90 bits per heavy atom. The maximum Gasteiger partial charge on any atom is 0.271 e. The molecule has 1 atom stereocenters. The highest BCUT2D eigenvalue weighted by Crippen LogP contribution is 2.26. The van der Waals surface area contributed by atoms with Crippen molar-refractivity contribution in [1.82, 2.24) is 15.1 Å². The Labute approximate surface area is 115 Å². The molecule has 1 unspecified atom stereocenters. The van der Waals surface area contributed by atoms with Crippen LogP contribution in [0.25, 0.3) is 0 Å². The van der Waals surface area contributed by atoms with Gasteiger partial charge >= 0.3 is 0 Å². The van der Waals surface area contributed by atoms with E-state index < -0.39 is 0 Å². The SMILES string of the molecule is CNC(=O)c1cc2n(n1)CC(c1ccc(F)cc1)OC2. The van der Waals surface area contributed by atoms with Gasteiger partial charge in [0.05, 0.1) is 18.8 Å². The molecule has 0 saturated heterocycles. The van der Waals surface area contributed by atoms with Gasteiger partial charge in [0.25, 0.3) is 5.91 Å². The highest BCUT2D eigenvalue weighted by atomic mass is 19.1. The summed E-state index contributed by atoms with van der Waals surface area (Å²) in [6.07, 6.45) is -0.180. The van der Waals surface area contributed by atoms with Gasteiger partial charge in [0.15, 0.2) is 5.69 Å². The van der Waals surface area contributed by atoms with E-state index in [4.69, 9.17) is 4.74 Å². The van der Waals surface area contributed by atoms with Crippen LogP contribution in [0.15, 0.2) is 30.3 Å².